The zero-order valence-electron chi connectivity index (χ0n) is 9.03. The minimum Gasteiger partial charge on any atom is -0.398 e. The van der Waals surface area contributed by atoms with Crippen molar-refractivity contribution >= 4 is 44.0 Å². The Balaban J connectivity index is 2.20. The van der Waals surface area contributed by atoms with Crippen molar-refractivity contribution in [3.63, 3.8) is 0 Å². The van der Waals surface area contributed by atoms with Crippen molar-refractivity contribution in [2.75, 3.05) is 11.1 Å². The van der Waals surface area contributed by atoms with Crippen LogP contribution in [0.25, 0.3) is 0 Å². The van der Waals surface area contributed by atoms with Gasteiger partial charge >= 0.3 is 0 Å². The first-order valence-electron chi connectivity index (χ1n) is 4.86. The molecule has 3 N–H and O–H groups in total. The molecule has 1 heterocycles. The second-order valence-electron chi connectivity index (χ2n) is 3.41. The topological polar surface area (TPSA) is 68.0 Å². The molecule has 0 aliphatic rings. The summed E-state index contributed by atoms with van der Waals surface area (Å²) < 4.78 is 0.749. The molecule has 0 fully saturated rings. The fourth-order valence-electron chi connectivity index (χ4n) is 1.30. The minimum atomic E-state index is -0.246. The number of thiazole rings is 1. The first-order chi connectivity index (χ1) is 8.08. The van der Waals surface area contributed by atoms with Crippen LogP contribution in [-0.4, -0.2) is 10.9 Å². The number of halogens is 1. The van der Waals surface area contributed by atoms with E-state index >= 15 is 0 Å². The monoisotopic (exact) mass is 311 g/mol. The van der Waals surface area contributed by atoms with E-state index in [0.29, 0.717) is 16.4 Å². The Kier molecular flexibility index (Phi) is 3.44. The molecule has 0 spiro atoms. The zero-order valence-corrected chi connectivity index (χ0v) is 11.4. The van der Waals surface area contributed by atoms with Gasteiger partial charge in [-0.1, -0.05) is 12.1 Å². The average Bonchev–Trinajstić information content (AvgIpc) is 2.58. The summed E-state index contributed by atoms with van der Waals surface area (Å²) in [5, 5.41) is 3.28. The molecule has 0 aliphatic heterocycles. The lowest BCUT2D eigenvalue weighted by molar-refractivity contribution is 0.102. The Hall–Kier alpha value is -1.40. The van der Waals surface area contributed by atoms with Crippen molar-refractivity contribution in [1.29, 1.82) is 0 Å². The van der Waals surface area contributed by atoms with Crippen molar-refractivity contribution in [2.24, 2.45) is 0 Å². The van der Waals surface area contributed by atoms with Crippen LogP contribution in [0.1, 0.15) is 15.2 Å². The number of carbonyl (C=O) groups is 1. The molecule has 0 aliphatic carbocycles. The third-order valence-corrected chi connectivity index (χ3v) is 4.09. The number of amides is 1. The smallest absolute Gasteiger partial charge is 0.259 e. The number of aromatic nitrogens is 1. The van der Waals surface area contributed by atoms with Crippen LogP contribution in [0.3, 0.4) is 0 Å². The zero-order chi connectivity index (χ0) is 12.4. The number of benzene rings is 1. The number of carbonyl (C=O) groups excluding carboxylic acids is 1. The number of hydrogen-bond donors (Lipinski definition) is 2. The van der Waals surface area contributed by atoms with E-state index in [1.54, 1.807) is 24.3 Å². The molecule has 0 saturated carbocycles. The second-order valence-corrected chi connectivity index (χ2v) is 5.36. The van der Waals surface area contributed by atoms with Crippen molar-refractivity contribution in [3.8, 4) is 0 Å². The lowest BCUT2D eigenvalue weighted by Crippen LogP contribution is -2.13. The van der Waals surface area contributed by atoms with Gasteiger partial charge in [-0.15, -0.1) is 11.3 Å². The van der Waals surface area contributed by atoms with E-state index in [9.17, 15) is 4.79 Å². The van der Waals surface area contributed by atoms with Crippen LogP contribution in [0, 0.1) is 6.92 Å². The molecule has 88 valence electrons. The number of para-hydroxylation sites is 1. The number of anilines is 2. The van der Waals surface area contributed by atoms with Crippen LogP contribution in [0.5, 0.6) is 0 Å². The number of nitrogens with two attached hydrogens (primary N) is 1. The number of nitrogen functional groups attached to an aromatic ring is 1. The fourth-order valence-corrected chi connectivity index (χ4v) is 2.54. The van der Waals surface area contributed by atoms with Crippen LogP contribution >= 0.6 is 27.3 Å². The summed E-state index contributed by atoms with van der Waals surface area (Å²) in [6.45, 7) is 1.92. The SMILES string of the molecule is Cc1sc(NC(=O)c2ccccc2N)nc1Br. The summed E-state index contributed by atoms with van der Waals surface area (Å²) in [4.78, 5) is 17.1. The Morgan fingerprint density at radius 1 is 1.47 bits per heavy atom. The number of hydrogen-bond acceptors (Lipinski definition) is 4. The number of rotatable bonds is 2. The van der Waals surface area contributed by atoms with Crippen molar-refractivity contribution < 1.29 is 4.79 Å². The van der Waals surface area contributed by atoms with Gasteiger partial charge in [-0.25, -0.2) is 4.98 Å². The molecule has 1 aromatic heterocycles. The second kappa shape index (κ2) is 4.85. The first kappa shape index (κ1) is 12.1. The van der Waals surface area contributed by atoms with E-state index in [2.05, 4.69) is 26.2 Å². The fraction of sp³-hybridized carbons (Fsp3) is 0.0909. The molecular formula is C11H10BrN3OS. The first-order valence-corrected chi connectivity index (χ1v) is 6.47. The van der Waals surface area contributed by atoms with E-state index in [0.717, 1.165) is 9.48 Å². The van der Waals surface area contributed by atoms with Crippen LogP contribution in [-0.2, 0) is 0 Å². The van der Waals surface area contributed by atoms with Crippen LogP contribution < -0.4 is 11.1 Å². The quantitative estimate of drug-likeness (QED) is 0.838. The van der Waals surface area contributed by atoms with Gasteiger partial charge in [-0.2, -0.15) is 0 Å². The van der Waals surface area contributed by atoms with Gasteiger partial charge in [0.15, 0.2) is 5.13 Å². The minimum absolute atomic E-state index is 0.246. The Morgan fingerprint density at radius 3 is 2.76 bits per heavy atom. The summed E-state index contributed by atoms with van der Waals surface area (Å²) in [6.07, 6.45) is 0. The maximum Gasteiger partial charge on any atom is 0.259 e. The van der Waals surface area contributed by atoms with Crippen molar-refractivity contribution in [2.45, 2.75) is 6.92 Å². The molecular weight excluding hydrogens is 302 g/mol. The highest BCUT2D eigenvalue weighted by Gasteiger charge is 2.12. The van der Waals surface area contributed by atoms with Crippen LogP contribution in [0.2, 0.25) is 0 Å². The van der Waals surface area contributed by atoms with Gasteiger partial charge in [-0.05, 0) is 35.0 Å². The van der Waals surface area contributed by atoms with Gasteiger partial charge in [0.1, 0.15) is 4.60 Å². The molecule has 1 amide bonds. The van der Waals surface area contributed by atoms with Gasteiger partial charge in [0.05, 0.1) is 5.56 Å². The molecule has 4 nitrogen and oxygen atoms in total. The lowest BCUT2D eigenvalue weighted by Gasteiger charge is -2.04. The molecule has 0 bridgehead atoms. The molecule has 2 rings (SSSR count). The number of nitrogens with zero attached hydrogens (tertiary/aromatic N) is 1. The third-order valence-electron chi connectivity index (χ3n) is 2.17. The van der Waals surface area contributed by atoms with Gasteiger partial charge in [0.2, 0.25) is 0 Å². The van der Waals surface area contributed by atoms with Gasteiger partial charge in [-0.3, -0.25) is 10.1 Å². The molecule has 0 atom stereocenters. The Morgan fingerprint density at radius 2 is 2.18 bits per heavy atom. The lowest BCUT2D eigenvalue weighted by atomic mass is 10.2. The highest BCUT2D eigenvalue weighted by atomic mass is 79.9. The largest absolute Gasteiger partial charge is 0.398 e. The van der Waals surface area contributed by atoms with Gasteiger partial charge in [0.25, 0.3) is 5.91 Å². The summed E-state index contributed by atoms with van der Waals surface area (Å²) in [7, 11) is 0. The van der Waals surface area contributed by atoms with Crippen LogP contribution in [0.15, 0.2) is 28.9 Å². The predicted octanol–water partition coefficient (Wildman–Crippen LogP) is 3.05. The summed E-state index contributed by atoms with van der Waals surface area (Å²) in [5.41, 5.74) is 6.63. The molecule has 17 heavy (non-hydrogen) atoms. The third kappa shape index (κ3) is 2.65. The van der Waals surface area contributed by atoms with E-state index in [1.165, 1.54) is 11.3 Å². The van der Waals surface area contributed by atoms with Gasteiger partial charge < -0.3 is 5.73 Å². The van der Waals surface area contributed by atoms with Crippen molar-refractivity contribution in [3.05, 3.63) is 39.3 Å². The van der Waals surface area contributed by atoms with Gasteiger partial charge in [0, 0.05) is 10.6 Å². The maximum absolute atomic E-state index is 11.9. The number of nitrogens with one attached hydrogen (secondary N) is 1. The number of aryl methyl sites for hydroxylation is 1. The highest BCUT2D eigenvalue weighted by Crippen LogP contribution is 2.26. The predicted molar refractivity (Wildman–Crippen MR) is 73.4 cm³/mol. The van der Waals surface area contributed by atoms with E-state index in [1.807, 2.05) is 6.92 Å². The summed E-state index contributed by atoms with van der Waals surface area (Å²) in [5.74, 6) is -0.246. The molecule has 2 aromatic rings. The molecule has 0 radical (unpaired) electrons. The molecule has 6 heteroatoms. The van der Waals surface area contributed by atoms with E-state index in [-0.39, 0.29) is 5.91 Å². The van der Waals surface area contributed by atoms with Crippen LogP contribution in [0.4, 0.5) is 10.8 Å². The normalized spacial score (nSPS) is 10.2. The Labute approximate surface area is 111 Å². The average molecular weight is 312 g/mol. The standard InChI is InChI=1S/C11H10BrN3OS/c1-6-9(12)14-11(17-6)15-10(16)7-4-2-3-5-8(7)13/h2-5H,13H2,1H3,(H,14,15,16). The summed E-state index contributed by atoms with van der Waals surface area (Å²) >= 11 is 4.71. The molecule has 0 saturated heterocycles. The molecule has 1 aromatic carbocycles. The van der Waals surface area contributed by atoms with E-state index < -0.39 is 0 Å². The maximum atomic E-state index is 11.9. The van der Waals surface area contributed by atoms with Crippen molar-refractivity contribution in [1.82, 2.24) is 4.98 Å². The molecule has 0 unspecified atom stereocenters. The van der Waals surface area contributed by atoms with E-state index in [4.69, 9.17) is 5.73 Å². The highest BCUT2D eigenvalue weighted by molar-refractivity contribution is 9.10. The summed E-state index contributed by atoms with van der Waals surface area (Å²) in [6, 6.07) is 6.93. The Bertz CT molecular complexity index is 548.